The number of benzene rings is 2. The number of sulfonamides is 1. The Morgan fingerprint density at radius 2 is 1.67 bits per heavy atom. The predicted molar refractivity (Wildman–Crippen MR) is 116 cm³/mol. The Labute approximate surface area is 179 Å². The standard InChI is InChI=1S/C19H20N4O5S2/c24-18(16-6-2-3-7-17(16)23(25)26)21-19(29)20-14-8-10-15(11-9-14)30(27,28)22-12-4-1-5-13-22/h2-3,6-11H,1,4-5,12-13H2,(H2,20,21,24,29). The van der Waals surface area contributed by atoms with Crippen molar-refractivity contribution in [3.05, 3.63) is 64.2 Å². The Hall–Kier alpha value is -2.89. The molecule has 0 aliphatic carbocycles. The largest absolute Gasteiger partial charge is 0.332 e. The van der Waals surface area contributed by atoms with E-state index in [0.717, 1.165) is 19.3 Å². The van der Waals surface area contributed by atoms with Crippen molar-refractivity contribution in [2.24, 2.45) is 0 Å². The molecule has 3 rings (SSSR count). The SMILES string of the molecule is O=C(NC(=S)Nc1ccc(S(=O)(=O)N2CCCCC2)cc1)c1ccccc1[N+](=O)[O-]. The molecule has 1 fully saturated rings. The maximum atomic E-state index is 12.7. The highest BCUT2D eigenvalue weighted by Gasteiger charge is 2.25. The van der Waals surface area contributed by atoms with Crippen LogP contribution in [0.25, 0.3) is 0 Å². The van der Waals surface area contributed by atoms with Crippen LogP contribution in [0.2, 0.25) is 0 Å². The van der Waals surface area contributed by atoms with Crippen LogP contribution in [0.15, 0.2) is 53.4 Å². The van der Waals surface area contributed by atoms with Crippen LogP contribution in [0.5, 0.6) is 0 Å². The minimum absolute atomic E-state index is 0.0650. The first-order valence-electron chi connectivity index (χ1n) is 9.25. The summed E-state index contributed by atoms with van der Waals surface area (Å²) in [6.07, 6.45) is 2.74. The van der Waals surface area contributed by atoms with Crippen molar-refractivity contribution in [1.29, 1.82) is 0 Å². The summed E-state index contributed by atoms with van der Waals surface area (Å²) in [6.45, 7) is 1.04. The van der Waals surface area contributed by atoms with E-state index < -0.39 is 20.9 Å². The van der Waals surface area contributed by atoms with E-state index in [1.54, 1.807) is 12.1 Å². The third kappa shape index (κ3) is 4.99. The van der Waals surface area contributed by atoms with Crippen LogP contribution in [0, 0.1) is 10.1 Å². The van der Waals surface area contributed by atoms with Crippen molar-refractivity contribution >= 4 is 44.6 Å². The highest BCUT2D eigenvalue weighted by Crippen LogP contribution is 2.22. The number of nitrogens with zero attached hydrogens (tertiary/aromatic N) is 2. The van der Waals surface area contributed by atoms with E-state index in [2.05, 4.69) is 10.6 Å². The zero-order chi connectivity index (χ0) is 21.7. The third-order valence-electron chi connectivity index (χ3n) is 4.64. The summed E-state index contributed by atoms with van der Waals surface area (Å²) < 4.78 is 26.8. The molecule has 0 unspecified atom stereocenters. The van der Waals surface area contributed by atoms with Crippen molar-refractivity contribution in [1.82, 2.24) is 9.62 Å². The van der Waals surface area contributed by atoms with Gasteiger partial charge in [-0.3, -0.25) is 20.2 Å². The van der Waals surface area contributed by atoms with Crippen LogP contribution in [0.3, 0.4) is 0 Å². The highest BCUT2D eigenvalue weighted by molar-refractivity contribution is 7.89. The second kappa shape index (κ2) is 9.28. The average Bonchev–Trinajstić information content (AvgIpc) is 2.74. The van der Waals surface area contributed by atoms with Gasteiger partial charge in [-0.1, -0.05) is 18.6 Å². The summed E-state index contributed by atoms with van der Waals surface area (Å²) in [5.41, 5.74) is 0.0279. The molecule has 2 aromatic carbocycles. The molecule has 1 heterocycles. The van der Waals surface area contributed by atoms with Crippen LogP contribution in [0.1, 0.15) is 29.6 Å². The van der Waals surface area contributed by atoms with Gasteiger partial charge in [0.15, 0.2) is 5.11 Å². The lowest BCUT2D eigenvalue weighted by molar-refractivity contribution is -0.385. The predicted octanol–water partition coefficient (Wildman–Crippen LogP) is 2.90. The van der Waals surface area contributed by atoms with Gasteiger partial charge in [0.05, 0.1) is 9.82 Å². The smallest absolute Gasteiger partial charge is 0.282 e. The van der Waals surface area contributed by atoms with Gasteiger partial charge in [-0.2, -0.15) is 4.31 Å². The molecular weight excluding hydrogens is 428 g/mol. The molecule has 2 N–H and O–H groups in total. The summed E-state index contributed by atoms with van der Waals surface area (Å²) >= 11 is 5.09. The summed E-state index contributed by atoms with van der Waals surface area (Å²) in [6, 6.07) is 11.6. The van der Waals surface area contributed by atoms with E-state index in [1.165, 1.54) is 40.7 Å². The number of hydrogen-bond donors (Lipinski definition) is 2. The number of nitro groups is 1. The molecule has 1 aliphatic rings. The van der Waals surface area contributed by atoms with Crippen molar-refractivity contribution in [3.63, 3.8) is 0 Å². The molecule has 0 bridgehead atoms. The molecule has 9 nitrogen and oxygen atoms in total. The van der Waals surface area contributed by atoms with Crippen molar-refractivity contribution in [2.45, 2.75) is 24.2 Å². The highest BCUT2D eigenvalue weighted by atomic mass is 32.2. The normalized spacial score (nSPS) is 14.7. The van der Waals surface area contributed by atoms with E-state index in [9.17, 15) is 23.3 Å². The van der Waals surface area contributed by atoms with Gasteiger partial charge in [-0.25, -0.2) is 8.42 Å². The number of nitrogens with one attached hydrogen (secondary N) is 2. The van der Waals surface area contributed by atoms with Crippen LogP contribution in [0.4, 0.5) is 11.4 Å². The van der Waals surface area contributed by atoms with E-state index in [-0.39, 0.29) is 21.3 Å². The monoisotopic (exact) mass is 448 g/mol. The van der Waals surface area contributed by atoms with E-state index in [1.807, 2.05) is 0 Å². The first kappa shape index (κ1) is 21.8. The van der Waals surface area contributed by atoms with Gasteiger partial charge < -0.3 is 5.32 Å². The molecule has 2 aromatic rings. The zero-order valence-electron chi connectivity index (χ0n) is 15.9. The summed E-state index contributed by atoms with van der Waals surface area (Å²) in [4.78, 5) is 22.9. The van der Waals surface area contributed by atoms with Gasteiger partial charge in [-0.15, -0.1) is 0 Å². The van der Waals surface area contributed by atoms with Gasteiger partial charge in [0.2, 0.25) is 10.0 Å². The second-order valence-electron chi connectivity index (χ2n) is 6.67. The molecule has 0 saturated carbocycles. The van der Waals surface area contributed by atoms with Crippen molar-refractivity contribution < 1.29 is 18.1 Å². The number of anilines is 1. The lowest BCUT2D eigenvalue weighted by Gasteiger charge is -2.25. The molecule has 1 amide bonds. The number of thiocarbonyl (C=S) groups is 1. The lowest BCUT2D eigenvalue weighted by atomic mass is 10.1. The third-order valence-corrected chi connectivity index (χ3v) is 6.75. The van der Waals surface area contributed by atoms with Crippen molar-refractivity contribution in [3.8, 4) is 0 Å². The molecule has 158 valence electrons. The minimum atomic E-state index is -3.54. The van der Waals surface area contributed by atoms with Gasteiger partial charge in [-0.05, 0) is 55.4 Å². The summed E-state index contributed by atoms with van der Waals surface area (Å²) in [5.74, 6) is -0.718. The Balaban J connectivity index is 1.65. The molecule has 1 aliphatic heterocycles. The van der Waals surface area contributed by atoms with Crippen LogP contribution in [-0.4, -0.2) is 41.8 Å². The molecule has 0 radical (unpaired) electrons. The summed E-state index contributed by atoms with van der Waals surface area (Å²) in [5, 5.41) is 16.1. The summed E-state index contributed by atoms with van der Waals surface area (Å²) in [7, 11) is -3.54. The van der Waals surface area contributed by atoms with Gasteiger partial charge >= 0.3 is 0 Å². The number of para-hydroxylation sites is 1. The molecule has 0 spiro atoms. The quantitative estimate of drug-likeness (QED) is 0.410. The second-order valence-corrected chi connectivity index (χ2v) is 9.02. The zero-order valence-corrected chi connectivity index (χ0v) is 17.5. The molecule has 0 aromatic heterocycles. The average molecular weight is 449 g/mol. The molecular formula is C19H20N4O5S2. The number of piperidine rings is 1. The topological polar surface area (TPSA) is 122 Å². The Morgan fingerprint density at radius 1 is 1.03 bits per heavy atom. The first-order valence-corrected chi connectivity index (χ1v) is 11.1. The van der Waals surface area contributed by atoms with Crippen LogP contribution >= 0.6 is 12.2 Å². The maximum Gasteiger partial charge on any atom is 0.282 e. The Kier molecular flexibility index (Phi) is 6.75. The molecule has 0 atom stereocenters. The van der Waals surface area contributed by atoms with Crippen molar-refractivity contribution in [2.75, 3.05) is 18.4 Å². The Bertz CT molecular complexity index is 1060. The number of carbonyl (C=O) groups is 1. The van der Waals surface area contributed by atoms with Crippen LogP contribution in [-0.2, 0) is 10.0 Å². The maximum absolute atomic E-state index is 12.7. The Morgan fingerprint density at radius 3 is 2.30 bits per heavy atom. The molecule has 30 heavy (non-hydrogen) atoms. The number of hydrogen-bond acceptors (Lipinski definition) is 6. The first-order chi connectivity index (χ1) is 14.3. The van der Waals surface area contributed by atoms with Gasteiger partial charge in [0.1, 0.15) is 5.56 Å². The fourth-order valence-electron chi connectivity index (χ4n) is 3.12. The van der Waals surface area contributed by atoms with Gasteiger partial charge in [0.25, 0.3) is 11.6 Å². The van der Waals surface area contributed by atoms with Gasteiger partial charge in [0, 0.05) is 24.8 Å². The minimum Gasteiger partial charge on any atom is -0.332 e. The number of rotatable bonds is 5. The fraction of sp³-hybridized carbons (Fsp3) is 0.263. The van der Waals surface area contributed by atoms with E-state index in [0.29, 0.717) is 18.8 Å². The number of nitro benzene ring substituents is 1. The molecule has 1 saturated heterocycles. The van der Waals surface area contributed by atoms with Crippen LogP contribution < -0.4 is 10.6 Å². The number of amides is 1. The molecule has 11 heteroatoms. The van der Waals surface area contributed by atoms with E-state index >= 15 is 0 Å². The van der Waals surface area contributed by atoms with E-state index in [4.69, 9.17) is 12.2 Å². The fourth-order valence-corrected chi connectivity index (χ4v) is 4.85. The lowest BCUT2D eigenvalue weighted by Crippen LogP contribution is -2.35. The number of carbonyl (C=O) groups excluding carboxylic acids is 1.